The molecule has 134 valence electrons. The second-order valence-corrected chi connectivity index (χ2v) is 7.96. The molecule has 0 heterocycles. The Bertz CT molecular complexity index is 851. The van der Waals surface area contributed by atoms with Crippen molar-refractivity contribution in [2.45, 2.75) is 12.2 Å². The van der Waals surface area contributed by atoms with Gasteiger partial charge in [-0.25, -0.2) is 17.9 Å². The Hall–Kier alpha value is -1.60. The number of carbonyl (C=O) groups is 1. The van der Waals surface area contributed by atoms with Gasteiger partial charge in [-0.05, 0) is 41.8 Å². The highest BCUT2D eigenvalue weighted by atomic mass is 35.5. The summed E-state index contributed by atoms with van der Waals surface area (Å²) in [5.41, 5.74) is 1.92. The first kappa shape index (κ1) is 19.7. The van der Waals surface area contributed by atoms with Gasteiger partial charge >= 0.3 is 5.97 Å². The fourth-order valence-electron chi connectivity index (χ4n) is 2.18. The molecular formula is C17H17Cl2NO4S. The van der Waals surface area contributed by atoms with Gasteiger partial charge in [-0.15, -0.1) is 0 Å². The molecule has 0 atom stereocenters. The first-order valence-corrected chi connectivity index (χ1v) is 9.80. The Kier molecular flexibility index (Phi) is 6.84. The van der Waals surface area contributed by atoms with Crippen LogP contribution in [0.2, 0.25) is 10.0 Å². The van der Waals surface area contributed by atoms with Crippen LogP contribution in [0.4, 0.5) is 0 Å². The van der Waals surface area contributed by atoms with Crippen molar-refractivity contribution < 1.29 is 17.9 Å². The number of halogens is 2. The van der Waals surface area contributed by atoms with Crippen molar-refractivity contribution in [1.29, 1.82) is 0 Å². The van der Waals surface area contributed by atoms with E-state index < -0.39 is 16.0 Å². The Labute approximate surface area is 157 Å². The summed E-state index contributed by atoms with van der Waals surface area (Å²) in [6, 6.07) is 11.5. The van der Waals surface area contributed by atoms with Crippen molar-refractivity contribution in [3.05, 3.63) is 69.2 Å². The van der Waals surface area contributed by atoms with E-state index in [9.17, 15) is 13.2 Å². The van der Waals surface area contributed by atoms with E-state index >= 15 is 0 Å². The van der Waals surface area contributed by atoms with Crippen molar-refractivity contribution in [3.63, 3.8) is 0 Å². The van der Waals surface area contributed by atoms with E-state index in [-0.39, 0.29) is 12.3 Å². The number of sulfonamides is 1. The molecule has 0 fully saturated rings. The standard InChI is InChI=1S/C17H17Cl2NO4S/c1-24-17(21)14-5-2-12(3-6-14)8-9-20-25(22,23)11-13-4-7-15(18)16(19)10-13/h2-7,10,20H,8-9,11H2,1H3. The number of ether oxygens (including phenoxy) is 1. The summed E-state index contributed by atoms with van der Waals surface area (Å²) < 4.78 is 31.4. The average Bonchev–Trinajstić information content (AvgIpc) is 2.57. The van der Waals surface area contributed by atoms with E-state index in [1.807, 2.05) is 0 Å². The Morgan fingerprint density at radius 1 is 1.04 bits per heavy atom. The van der Waals surface area contributed by atoms with Crippen molar-refractivity contribution in [2.24, 2.45) is 0 Å². The molecule has 0 unspecified atom stereocenters. The molecule has 2 aromatic rings. The van der Waals surface area contributed by atoms with Crippen LogP contribution in [-0.4, -0.2) is 28.0 Å². The van der Waals surface area contributed by atoms with Gasteiger partial charge in [-0.2, -0.15) is 0 Å². The number of hydrogen-bond acceptors (Lipinski definition) is 4. The summed E-state index contributed by atoms with van der Waals surface area (Å²) in [7, 11) is -2.17. The molecule has 0 amide bonds. The minimum Gasteiger partial charge on any atom is -0.465 e. The lowest BCUT2D eigenvalue weighted by molar-refractivity contribution is 0.0600. The highest BCUT2D eigenvalue weighted by Gasteiger charge is 2.12. The van der Waals surface area contributed by atoms with E-state index in [2.05, 4.69) is 9.46 Å². The zero-order chi connectivity index (χ0) is 18.4. The van der Waals surface area contributed by atoms with Crippen LogP contribution >= 0.6 is 23.2 Å². The van der Waals surface area contributed by atoms with Crippen LogP contribution in [0.5, 0.6) is 0 Å². The van der Waals surface area contributed by atoms with E-state index in [1.54, 1.807) is 36.4 Å². The van der Waals surface area contributed by atoms with Crippen molar-refractivity contribution in [2.75, 3.05) is 13.7 Å². The van der Waals surface area contributed by atoms with Crippen LogP contribution in [0, 0.1) is 0 Å². The zero-order valence-electron chi connectivity index (χ0n) is 13.5. The minimum absolute atomic E-state index is 0.175. The number of hydrogen-bond donors (Lipinski definition) is 1. The largest absolute Gasteiger partial charge is 0.465 e. The SMILES string of the molecule is COC(=O)c1ccc(CCNS(=O)(=O)Cc2ccc(Cl)c(Cl)c2)cc1. The highest BCUT2D eigenvalue weighted by molar-refractivity contribution is 7.88. The lowest BCUT2D eigenvalue weighted by Crippen LogP contribution is -2.27. The normalized spacial score (nSPS) is 11.3. The predicted octanol–water partition coefficient (Wildman–Crippen LogP) is 3.44. The van der Waals surface area contributed by atoms with Gasteiger partial charge in [0.15, 0.2) is 0 Å². The van der Waals surface area contributed by atoms with E-state index in [4.69, 9.17) is 23.2 Å². The molecule has 0 saturated carbocycles. The maximum absolute atomic E-state index is 12.1. The molecule has 8 heteroatoms. The van der Waals surface area contributed by atoms with Crippen molar-refractivity contribution in [1.82, 2.24) is 4.72 Å². The molecule has 2 aromatic carbocycles. The Balaban J connectivity index is 1.89. The van der Waals surface area contributed by atoms with Gasteiger partial charge in [0.25, 0.3) is 0 Å². The lowest BCUT2D eigenvalue weighted by Gasteiger charge is -2.08. The predicted molar refractivity (Wildman–Crippen MR) is 98.6 cm³/mol. The molecule has 0 aliphatic heterocycles. The third kappa shape index (κ3) is 6.01. The number of benzene rings is 2. The topological polar surface area (TPSA) is 72.5 Å². The molecular weight excluding hydrogens is 385 g/mol. The van der Waals surface area contributed by atoms with Crippen LogP contribution in [0.25, 0.3) is 0 Å². The Morgan fingerprint density at radius 3 is 2.28 bits per heavy atom. The number of rotatable bonds is 7. The molecule has 25 heavy (non-hydrogen) atoms. The second kappa shape index (κ2) is 8.67. The van der Waals surface area contributed by atoms with Crippen LogP contribution in [-0.2, 0) is 26.9 Å². The second-order valence-electron chi connectivity index (χ2n) is 5.34. The molecule has 0 aliphatic carbocycles. The summed E-state index contributed by atoms with van der Waals surface area (Å²) >= 11 is 11.7. The molecule has 0 spiro atoms. The smallest absolute Gasteiger partial charge is 0.337 e. The van der Waals surface area contributed by atoms with Crippen molar-refractivity contribution >= 4 is 39.2 Å². The monoisotopic (exact) mass is 401 g/mol. The molecule has 0 saturated heterocycles. The van der Waals surface area contributed by atoms with Gasteiger partial charge < -0.3 is 4.74 Å². The zero-order valence-corrected chi connectivity index (χ0v) is 15.8. The summed E-state index contributed by atoms with van der Waals surface area (Å²) in [6.07, 6.45) is 0.502. The van der Waals surface area contributed by atoms with E-state index in [0.717, 1.165) is 5.56 Å². The van der Waals surface area contributed by atoms with Gasteiger partial charge in [-0.1, -0.05) is 41.4 Å². The fourth-order valence-corrected chi connectivity index (χ4v) is 3.63. The number of esters is 1. The van der Waals surface area contributed by atoms with Crippen LogP contribution in [0.1, 0.15) is 21.5 Å². The summed E-state index contributed by atoms with van der Waals surface area (Å²) in [6.45, 7) is 0.251. The third-order valence-corrected chi connectivity index (χ3v) is 5.55. The molecule has 0 bridgehead atoms. The molecule has 1 N–H and O–H groups in total. The number of methoxy groups -OCH3 is 1. The van der Waals surface area contributed by atoms with Gasteiger partial charge in [0.05, 0.1) is 28.5 Å². The molecule has 2 rings (SSSR count). The molecule has 0 radical (unpaired) electrons. The third-order valence-electron chi connectivity index (χ3n) is 3.45. The van der Waals surface area contributed by atoms with E-state index in [1.165, 1.54) is 13.2 Å². The minimum atomic E-state index is -3.49. The van der Waals surface area contributed by atoms with Gasteiger partial charge in [-0.3, -0.25) is 0 Å². The van der Waals surface area contributed by atoms with Crippen molar-refractivity contribution in [3.8, 4) is 0 Å². The fraction of sp³-hybridized carbons (Fsp3) is 0.235. The van der Waals surface area contributed by atoms with Gasteiger partial charge in [0.2, 0.25) is 10.0 Å². The lowest BCUT2D eigenvalue weighted by atomic mass is 10.1. The maximum atomic E-state index is 12.1. The van der Waals surface area contributed by atoms with Crippen LogP contribution in [0.3, 0.4) is 0 Å². The summed E-state index contributed by atoms with van der Waals surface area (Å²) in [5.74, 6) is -0.584. The van der Waals surface area contributed by atoms with Gasteiger partial charge in [0.1, 0.15) is 0 Å². The first-order chi connectivity index (χ1) is 11.8. The number of carbonyl (C=O) groups excluding carboxylic acids is 1. The van der Waals surface area contributed by atoms with E-state index in [0.29, 0.717) is 27.6 Å². The molecule has 5 nitrogen and oxygen atoms in total. The average molecular weight is 402 g/mol. The highest BCUT2D eigenvalue weighted by Crippen LogP contribution is 2.23. The van der Waals surface area contributed by atoms with Gasteiger partial charge in [0, 0.05) is 6.54 Å². The summed E-state index contributed by atoms with van der Waals surface area (Å²) in [5, 5.41) is 0.700. The first-order valence-electron chi connectivity index (χ1n) is 7.39. The molecule has 0 aromatic heterocycles. The van der Waals surface area contributed by atoms with Crippen LogP contribution < -0.4 is 4.72 Å². The quantitative estimate of drug-likeness (QED) is 0.721. The summed E-state index contributed by atoms with van der Waals surface area (Å²) in [4.78, 5) is 11.4. The molecule has 0 aliphatic rings. The Morgan fingerprint density at radius 2 is 1.68 bits per heavy atom. The number of nitrogens with one attached hydrogen (secondary N) is 1. The maximum Gasteiger partial charge on any atom is 0.337 e. The van der Waals surface area contributed by atoms with Crippen LogP contribution in [0.15, 0.2) is 42.5 Å².